The third-order valence-corrected chi connectivity index (χ3v) is 3.51. The van der Waals surface area contributed by atoms with Crippen LogP contribution in [0, 0.1) is 23.7 Å². The first-order valence-corrected chi connectivity index (χ1v) is 3.89. The lowest BCUT2D eigenvalue weighted by Gasteiger charge is -2.18. The molecule has 2 unspecified atom stereocenters. The monoisotopic (exact) mass is 122 g/mol. The molecule has 0 N–H and O–H groups in total. The van der Waals surface area contributed by atoms with Gasteiger partial charge in [0.05, 0.1) is 0 Å². The quantitative estimate of drug-likeness (QED) is 0.472. The summed E-state index contributed by atoms with van der Waals surface area (Å²) in [6.07, 6.45) is 3.46. The average molecular weight is 122 g/mol. The van der Waals surface area contributed by atoms with Gasteiger partial charge >= 0.3 is 0 Å². The van der Waals surface area contributed by atoms with Crippen LogP contribution in [-0.4, -0.2) is 5.78 Å². The highest BCUT2D eigenvalue weighted by atomic mass is 16.1. The van der Waals surface area contributed by atoms with Gasteiger partial charge in [0.15, 0.2) is 0 Å². The topological polar surface area (TPSA) is 17.1 Å². The number of rotatable bonds is 0. The highest BCUT2D eigenvalue weighted by Gasteiger charge is 2.61. The van der Waals surface area contributed by atoms with E-state index in [4.69, 9.17) is 0 Å². The van der Waals surface area contributed by atoms with Crippen molar-refractivity contribution in [2.24, 2.45) is 23.7 Å². The number of fused-ring (bicyclic) bond motifs is 1. The molecule has 0 spiro atoms. The van der Waals surface area contributed by atoms with Crippen molar-refractivity contribution in [2.75, 3.05) is 0 Å². The number of hydrogen-bond acceptors (Lipinski definition) is 1. The largest absolute Gasteiger partial charge is 0.299 e. The lowest BCUT2D eigenvalue weighted by Crippen LogP contribution is -2.21. The summed E-state index contributed by atoms with van der Waals surface area (Å²) < 4.78 is 0. The van der Waals surface area contributed by atoms with E-state index in [0.29, 0.717) is 11.7 Å². The van der Waals surface area contributed by atoms with Crippen LogP contribution in [-0.2, 0) is 4.79 Å². The van der Waals surface area contributed by atoms with Gasteiger partial charge in [0.25, 0.3) is 0 Å². The van der Waals surface area contributed by atoms with Crippen molar-refractivity contribution < 1.29 is 4.79 Å². The van der Waals surface area contributed by atoms with Crippen LogP contribution in [0.4, 0.5) is 0 Å². The number of ketones is 1. The zero-order valence-electron chi connectivity index (χ0n) is 5.34. The molecule has 4 fully saturated rings. The molecule has 0 radical (unpaired) electrons. The minimum atomic E-state index is 0.519. The second-order valence-electron chi connectivity index (χ2n) is 3.83. The van der Waals surface area contributed by atoms with E-state index in [-0.39, 0.29) is 0 Å². The summed E-state index contributed by atoms with van der Waals surface area (Å²) in [6, 6.07) is 0. The first-order chi connectivity index (χ1) is 4.36. The average Bonchev–Trinajstić information content (AvgIpc) is 2.43. The third-order valence-electron chi connectivity index (χ3n) is 3.51. The van der Waals surface area contributed by atoms with E-state index >= 15 is 0 Å². The fraction of sp³-hybridized carbons (Fsp3) is 0.875. The van der Waals surface area contributed by atoms with Gasteiger partial charge in [-0.2, -0.15) is 0 Å². The van der Waals surface area contributed by atoms with Gasteiger partial charge < -0.3 is 0 Å². The molecule has 9 heavy (non-hydrogen) atoms. The molecule has 0 saturated heterocycles. The molecule has 1 nitrogen and oxygen atoms in total. The van der Waals surface area contributed by atoms with Crippen LogP contribution in [0.15, 0.2) is 0 Å². The Balaban J connectivity index is 2.01. The Morgan fingerprint density at radius 1 is 1.11 bits per heavy atom. The maximum Gasteiger partial charge on any atom is 0.136 e. The van der Waals surface area contributed by atoms with E-state index in [0.717, 1.165) is 24.2 Å². The van der Waals surface area contributed by atoms with Crippen LogP contribution >= 0.6 is 0 Å². The standard InChI is InChI=1S/C8H10O/c9-8-3-7-5-1-4(8)2-6(5)7/h4-7H,1-3H2. The lowest BCUT2D eigenvalue weighted by atomic mass is 9.85. The van der Waals surface area contributed by atoms with E-state index in [1.807, 2.05) is 0 Å². The molecule has 4 bridgehead atoms. The molecule has 0 aromatic heterocycles. The summed E-state index contributed by atoms with van der Waals surface area (Å²) in [6.45, 7) is 0. The van der Waals surface area contributed by atoms with Crippen molar-refractivity contribution in [1.29, 1.82) is 0 Å². The van der Waals surface area contributed by atoms with E-state index in [1.54, 1.807) is 0 Å². The van der Waals surface area contributed by atoms with E-state index in [2.05, 4.69) is 0 Å². The highest BCUT2D eigenvalue weighted by molar-refractivity contribution is 5.84. The normalized spacial score (nSPS) is 60.2. The third kappa shape index (κ3) is 0.374. The van der Waals surface area contributed by atoms with Gasteiger partial charge in [-0.1, -0.05) is 0 Å². The molecule has 0 aliphatic heterocycles. The number of Topliss-reactive ketones (excluding diaryl/α,β-unsaturated/α-hetero) is 1. The number of carbonyl (C=O) groups excluding carboxylic acids is 1. The van der Waals surface area contributed by atoms with Gasteiger partial charge in [0.1, 0.15) is 5.78 Å². The maximum atomic E-state index is 11.1. The lowest BCUT2D eigenvalue weighted by molar-refractivity contribution is -0.125. The van der Waals surface area contributed by atoms with Crippen molar-refractivity contribution in [3.05, 3.63) is 0 Å². The Morgan fingerprint density at radius 2 is 1.78 bits per heavy atom. The molecule has 4 saturated carbocycles. The molecule has 0 heterocycles. The first kappa shape index (κ1) is 4.48. The minimum absolute atomic E-state index is 0.519. The molecular formula is C8H10O. The zero-order chi connectivity index (χ0) is 6.01. The van der Waals surface area contributed by atoms with Gasteiger partial charge in [-0.05, 0) is 30.6 Å². The van der Waals surface area contributed by atoms with Gasteiger partial charge in [0.2, 0.25) is 0 Å². The van der Waals surface area contributed by atoms with Gasteiger partial charge in [0, 0.05) is 12.3 Å². The smallest absolute Gasteiger partial charge is 0.136 e. The number of hydrogen-bond donors (Lipinski definition) is 0. The van der Waals surface area contributed by atoms with E-state index in [1.165, 1.54) is 12.8 Å². The minimum Gasteiger partial charge on any atom is -0.299 e. The van der Waals surface area contributed by atoms with Crippen LogP contribution in [0.2, 0.25) is 0 Å². The zero-order valence-corrected chi connectivity index (χ0v) is 5.34. The first-order valence-electron chi connectivity index (χ1n) is 3.89. The Hall–Kier alpha value is -0.330. The van der Waals surface area contributed by atoms with Crippen molar-refractivity contribution in [3.63, 3.8) is 0 Å². The molecule has 48 valence electrons. The SMILES string of the molecule is O=C1CC2C3CC1CC23. The number of carbonyl (C=O) groups is 1. The predicted octanol–water partition coefficient (Wildman–Crippen LogP) is 1.23. The second-order valence-corrected chi connectivity index (χ2v) is 3.83. The van der Waals surface area contributed by atoms with Crippen molar-refractivity contribution in [2.45, 2.75) is 19.3 Å². The predicted molar refractivity (Wildman–Crippen MR) is 32.8 cm³/mol. The Kier molecular flexibility index (Phi) is 0.544. The van der Waals surface area contributed by atoms with Crippen LogP contribution in [0.25, 0.3) is 0 Å². The van der Waals surface area contributed by atoms with Crippen molar-refractivity contribution >= 4 is 5.78 Å². The summed E-state index contributed by atoms with van der Waals surface area (Å²) in [5.41, 5.74) is 0. The summed E-state index contributed by atoms with van der Waals surface area (Å²) in [7, 11) is 0. The summed E-state index contributed by atoms with van der Waals surface area (Å²) >= 11 is 0. The summed E-state index contributed by atoms with van der Waals surface area (Å²) in [4.78, 5) is 11.1. The molecule has 0 aromatic rings. The highest BCUT2D eigenvalue weighted by Crippen LogP contribution is 2.65. The second kappa shape index (κ2) is 1.09. The van der Waals surface area contributed by atoms with E-state index in [9.17, 15) is 4.79 Å². The maximum absolute atomic E-state index is 11.1. The summed E-state index contributed by atoms with van der Waals surface area (Å²) in [5, 5.41) is 0. The molecule has 0 amide bonds. The molecule has 4 aliphatic rings. The molecule has 4 aliphatic carbocycles. The van der Waals surface area contributed by atoms with Gasteiger partial charge in [-0.3, -0.25) is 4.79 Å². The van der Waals surface area contributed by atoms with Crippen molar-refractivity contribution in [3.8, 4) is 0 Å². The Labute approximate surface area is 54.4 Å². The Bertz CT molecular complexity index is 173. The summed E-state index contributed by atoms with van der Waals surface area (Å²) in [5.74, 6) is 3.97. The van der Waals surface area contributed by atoms with Gasteiger partial charge in [-0.15, -0.1) is 0 Å². The molecule has 2 atom stereocenters. The molecule has 1 heteroatoms. The fourth-order valence-electron chi connectivity index (χ4n) is 2.94. The molecular weight excluding hydrogens is 112 g/mol. The fourth-order valence-corrected chi connectivity index (χ4v) is 2.94. The van der Waals surface area contributed by atoms with Crippen LogP contribution in [0.5, 0.6) is 0 Å². The van der Waals surface area contributed by atoms with Crippen LogP contribution < -0.4 is 0 Å². The molecule has 0 aromatic carbocycles. The van der Waals surface area contributed by atoms with Gasteiger partial charge in [-0.25, -0.2) is 0 Å². The van der Waals surface area contributed by atoms with Crippen molar-refractivity contribution in [1.82, 2.24) is 0 Å². The van der Waals surface area contributed by atoms with Crippen LogP contribution in [0.3, 0.4) is 0 Å². The van der Waals surface area contributed by atoms with Crippen LogP contribution in [0.1, 0.15) is 19.3 Å². The Morgan fingerprint density at radius 3 is 2.11 bits per heavy atom. The molecule has 4 rings (SSSR count). The van der Waals surface area contributed by atoms with E-state index < -0.39 is 0 Å².